The molecule has 0 atom stereocenters. The summed E-state index contributed by atoms with van der Waals surface area (Å²) in [7, 11) is 0. The Kier molecular flexibility index (Phi) is 5.90. The van der Waals surface area contributed by atoms with E-state index in [1.807, 2.05) is 69.3 Å². The van der Waals surface area contributed by atoms with E-state index in [2.05, 4.69) is 12.2 Å². The molecule has 4 nitrogen and oxygen atoms in total. The molecule has 0 unspecified atom stereocenters. The van der Waals surface area contributed by atoms with E-state index >= 15 is 0 Å². The molecule has 32 heavy (non-hydrogen) atoms. The van der Waals surface area contributed by atoms with Crippen LogP contribution < -0.4 is 10.2 Å². The molecule has 162 valence electrons. The van der Waals surface area contributed by atoms with Crippen LogP contribution in [0.1, 0.15) is 34.7 Å². The van der Waals surface area contributed by atoms with Gasteiger partial charge in [0.15, 0.2) is 0 Å². The van der Waals surface area contributed by atoms with Crippen molar-refractivity contribution in [3.05, 3.63) is 99.2 Å². The Bertz CT molecular complexity index is 1260. The highest BCUT2D eigenvalue weighted by Crippen LogP contribution is 2.35. The summed E-state index contributed by atoms with van der Waals surface area (Å²) in [6.07, 6.45) is 0.927. The molecule has 0 saturated carbocycles. The molecule has 3 aromatic rings. The molecule has 4 rings (SSSR count). The molecule has 1 heterocycles. The maximum Gasteiger partial charge on any atom is 0.282 e. The van der Waals surface area contributed by atoms with Gasteiger partial charge in [0.2, 0.25) is 0 Å². The van der Waals surface area contributed by atoms with Crippen molar-refractivity contribution in [1.82, 2.24) is 0 Å². The monoisotopic (exact) mass is 444 g/mol. The third kappa shape index (κ3) is 3.94. The number of aryl methyl sites for hydroxylation is 4. The maximum atomic E-state index is 13.6. The van der Waals surface area contributed by atoms with Gasteiger partial charge in [-0.15, -0.1) is 0 Å². The third-order valence-corrected chi connectivity index (χ3v) is 6.33. The van der Waals surface area contributed by atoms with Crippen molar-refractivity contribution >= 4 is 40.4 Å². The van der Waals surface area contributed by atoms with Crippen LogP contribution in [0.25, 0.3) is 5.57 Å². The molecule has 3 aromatic carbocycles. The molecule has 0 radical (unpaired) electrons. The van der Waals surface area contributed by atoms with E-state index in [4.69, 9.17) is 11.6 Å². The van der Waals surface area contributed by atoms with Gasteiger partial charge in [-0.3, -0.25) is 9.59 Å². The average molecular weight is 445 g/mol. The lowest BCUT2D eigenvalue weighted by Crippen LogP contribution is -2.32. The van der Waals surface area contributed by atoms with Crippen LogP contribution in [0.15, 0.2) is 66.4 Å². The van der Waals surface area contributed by atoms with Crippen LogP contribution in [0, 0.1) is 20.8 Å². The van der Waals surface area contributed by atoms with Gasteiger partial charge in [-0.25, -0.2) is 4.90 Å². The molecular formula is C27H25ClN2O2. The highest BCUT2D eigenvalue weighted by Gasteiger charge is 2.40. The van der Waals surface area contributed by atoms with Crippen molar-refractivity contribution in [3.8, 4) is 0 Å². The topological polar surface area (TPSA) is 49.4 Å². The molecular weight excluding hydrogens is 420 g/mol. The number of nitrogens with one attached hydrogen (secondary N) is 1. The zero-order valence-corrected chi connectivity index (χ0v) is 19.4. The molecule has 0 aromatic heterocycles. The lowest BCUT2D eigenvalue weighted by Gasteiger charge is -2.16. The van der Waals surface area contributed by atoms with Gasteiger partial charge in [0.25, 0.3) is 11.8 Å². The first-order valence-corrected chi connectivity index (χ1v) is 11.0. The Hall–Kier alpha value is -3.37. The van der Waals surface area contributed by atoms with Crippen LogP contribution in [-0.4, -0.2) is 11.8 Å². The van der Waals surface area contributed by atoms with Crippen molar-refractivity contribution in [3.63, 3.8) is 0 Å². The number of anilines is 2. The Morgan fingerprint density at radius 1 is 0.812 bits per heavy atom. The molecule has 0 saturated heterocycles. The fourth-order valence-electron chi connectivity index (χ4n) is 3.73. The second-order valence-corrected chi connectivity index (χ2v) is 8.51. The summed E-state index contributed by atoms with van der Waals surface area (Å²) in [6, 6.07) is 18.9. The number of rotatable bonds is 5. The largest absolute Gasteiger partial charge is 0.350 e. The lowest BCUT2D eigenvalue weighted by atomic mass is 9.99. The minimum absolute atomic E-state index is 0.263. The van der Waals surface area contributed by atoms with Gasteiger partial charge < -0.3 is 5.32 Å². The number of nitrogens with zero attached hydrogens (tertiary/aromatic N) is 1. The SMILES string of the molecule is CCc1ccc(NC2=C(c3ccc(C)c(C)c3)C(=O)N(c3ccc(C)c(Cl)c3)C2=O)cc1. The summed E-state index contributed by atoms with van der Waals surface area (Å²) >= 11 is 6.30. The highest BCUT2D eigenvalue weighted by molar-refractivity contribution is 6.46. The van der Waals surface area contributed by atoms with Gasteiger partial charge >= 0.3 is 0 Å². The number of amides is 2. The molecule has 2 amide bonds. The second kappa shape index (κ2) is 8.64. The molecule has 0 spiro atoms. The molecule has 0 bridgehead atoms. The number of carbonyl (C=O) groups excluding carboxylic acids is 2. The maximum absolute atomic E-state index is 13.6. The van der Waals surface area contributed by atoms with Crippen molar-refractivity contribution in [1.29, 1.82) is 0 Å². The fourth-order valence-corrected chi connectivity index (χ4v) is 3.91. The highest BCUT2D eigenvalue weighted by atomic mass is 35.5. The normalized spacial score (nSPS) is 13.8. The Balaban J connectivity index is 1.82. The Morgan fingerprint density at radius 2 is 1.50 bits per heavy atom. The van der Waals surface area contributed by atoms with Crippen LogP contribution >= 0.6 is 11.6 Å². The quantitative estimate of drug-likeness (QED) is 0.475. The first-order valence-electron chi connectivity index (χ1n) is 10.6. The van der Waals surface area contributed by atoms with Gasteiger partial charge in [-0.05, 0) is 79.3 Å². The predicted octanol–water partition coefficient (Wildman–Crippen LogP) is 6.22. The van der Waals surface area contributed by atoms with Gasteiger partial charge in [-0.2, -0.15) is 0 Å². The summed E-state index contributed by atoms with van der Waals surface area (Å²) < 4.78 is 0. The van der Waals surface area contributed by atoms with Crippen LogP contribution in [0.4, 0.5) is 11.4 Å². The predicted molar refractivity (Wildman–Crippen MR) is 131 cm³/mol. The smallest absolute Gasteiger partial charge is 0.282 e. The van der Waals surface area contributed by atoms with E-state index in [0.29, 0.717) is 21.8 Å². The number of hydrogen-bond acceptors (Lipinski definition) is 3. The summed E-state index contributed by atoms with van der Waals surface area (Å²) in [6.45, 7) is 7.98. The number of halogens is 1. The van der Waals surface area contributed by atoms with E-state index in [-0.39, 0.29) is 11.6 Å². The summed E-state index contributed by atoms with van der Waals surface area (Å²) in [5, 5.41) is 3.72. The first kappa shape index (κ1) is 21.8. The van der Waals surface area contributed by atoms with Gasteiger partial charge in [-0.1, -0.05) is 54.9 Å². The molecule has 0 fully saturated rings. The minimum Gasteiger partial charge on any atom is -0.350 e. The van der Waals surface area contributed by atoms with Crippen molar-refractivity contribution < 1.29 is 9.59 Å². The zero-order valence-electron chi connectivity index (χ0n) is 18.6. The molecule has 1 aliphatic heterocycles. The van der Waals surface area contributed by atoms with Crippen LogP contribution in [0.5, 0.6) is 0 Å². The van der Waals surface area contributed by atoms with E-state index in [1.165, 1.54) is 10.5 Å². The zero-order chi connectivity index (χ0) is 23.0. The minimum atomic E-state index is -0.400. The Labute approximate surface area is 193 Å². The first-order chi connectivity index (χ1) is 15.3. The standard InChI is InChI=1S/C27H25ClN2O2/c1-5-19-8-11-21(12-9-19)29-25-24(20-10-6-16(2)18(4)14-20)26(31)30(27(25)32)22-13-7-17(3)23(28)15-22/h6-15,29H,5H2,1-4H3. The molecule has 5 heteroatoms. The number of imide groups is 1. The van der Waals surface area contributed by atoms with Gasteiger partial charge in [0.05, 0.1) is 11.3 Å². The van der Waals surface area contributed by atoms with E-state index in [0.717, 1.165) is 28.8 Å². The van der Waals surface area contributed by atoms with E-state index < -0.39 is 5.91 Å². The van der Waals surface area contributed by atoms with Gasteiger partial charge in [0.1, 0.15) is 5.70 Å². The lowest BCUT2D eigenvalue weighted by molar-refractivity contribution is -0.120. The van der Waals surface area contributed by atoms with E-state index in [1.54, 1.807) is 12.1 Å². The fraction of sp³-hybridized carbons (Fsp3) is 0.185. The van der Waals surface area contributed by atoms with Crippen molar-refractivity contribution in [2.75, 3.05) is 10.2 Å². The second-order valence-electron chi connectivity index (χ2n) is 8.10. The average Bonchev–Trinajstić information content (AvgIpc) is 3.02. The Morgan fingerprint density at radius 3 is 2.12 bits per heavy atom. The number of carbonyl (C=O) groups is 2. The number of hydrogen-bond donors (Lipinski definition) is 1. The summed E-state index contributed by atoms with van der Waals surface area (Å²) in [5.74, 6) is -0.770. The number of benzene rings is 3. The third-order valence-electron chi connectivity index (χ3n) is 5.92. The van der Waals surface area contributed by atoms with Crippen molar-refractivity contribution in [2.45, 2.75) is 34.1 Å². The molecule has 1 aliphatic rings. The van der Waals surface area contributed by atoms with E-state index in [9.17, 15) is 9.59 Å². The summed E-state index contributed by atoms with van der Waals surface area (Å²) in [4.78, 5) is 28.3. The van der Waals surface area contributed by atoms with Crippen LogP contribution in [-0.2, 0) is 16.0 Å². The van der Waals surface area contributed by atoms with Gasteiger partial charge in [0, 0.05) is 10.7 Å². The molecule has 0 aliphatic carbocycles. The van der Waals surface area contributed by atoms with Crippen molar-refractivity contribution in [2.24, 2.45) is 0 Å². The molecule has 1 N–H and O–H groups in total. The van der Waals surface area contributed by atoms with Crippen LogP contribution in [0.2, 0.25) is 5.02 Å². The summed E-state index contributed by atoms with van der Waals surface area (Å²) in [5.41, 5.74) is 6.79. The van der Waals surface area contributed by atoms with Crippen LogP contribution in [0.3, 0.4) is 0 Å².